The lowest BCUT2D eigenvalue weighted by Gasteiger charge is -2.19. The van der Waals surface area contributed by atoms with E-state index < -0.39 is 16.1 Å². The molecule has 0 radical (unpaired) electrons. The first kappa shape index (κ1) is 15.1. The molecule has 1 N–H and O–H groups in total. The Bertz CT molecular complexity index is 699. The van der Waals surface area contributed by atoms with Gasteiger partial charge >= 0.3 is 6.09 Å². The van der Waals surface area contributed by atoms with Crippen LogP contribution in [0.5, 0.6) is 0 Å². The second kappa shape index (κ2) is 6.41. The minimum atomic E-state index is -4.04. The second-order valence-corrected chi connectivity index (χ2v) is 6.27. The highest BCUT2D eigenvalue weighted by molar-refractivity contribution is 7.89. The van der Waals surface area contributed by atoms with Gasteiger partial charge in [0.25, 0.3) is 10.0 Å². The van der Waals surface area contributed by atoms with Crippen LogP contribution in [0.15, 0.2) is 65.6 Å². The smallest absolute Gasteiger partial charge is 0.421 e. The van der Waals surface area contributed by atoms with E-state index in [9.17, 15) is 18.3 Å². The summed E-state index contributed by atoms with van der Waals surface area (Å²) in [6.45, 7) is -0.115. The zero-order valence-corrected chi connectivity index (χ0v) is 12.0. The summed E-state index contributed by atoms with van der Waals surface area (Å²) in [4.78, 5) is 11.3. The molecule has 2 rings (SSSR count). The number of rotatable bonds is 5. The third-order valence-corrected chi connectivity index (χ3v) is 4.78. The van der Waals surface area contributed by atoms with Crippen molar-refractivity contribution in [3.8, 4) is 0 Å². The molecule has 0 spiro atoms. The molecule has 0 heterocycles. The fourth-order valence-corrected chi connectivity index (χ4v) is 3.21. The summed E-state index contributed by atoms with van der Waals surface area (Å²) in [6.07, 6.45) is -1.14. The first-order valence-electron chi connectivity index (χ1n) is 6.36. The molecule has 5 nitrogen and oxygen atoms in total. The summed E-state index contributed by atoms with van der Waals surface area (Å²) in [6, 6.07) is 16.7. The Hall–Kier alpha value is -2.34. The molecule has 0 saturated carbocycles. The molecule has 0 aliphatic carbocycles. The lowest BCUT2D eigenvalue weighted by atomic mass is 10.1. The Morgan fingerprint density at radius 2 is 1.48 bits per heavy atom. The van der Waals surface area contributed by atoms with Crippen LogP contribution in [0.1, 0.15) is 5.56 Å². The zero-order chi connectivity index (χ0) is 15.3. The van der Waals surface area contributed by atoms with Crippen LogP contribution in [0, 0.1) is 0 Å². The number of hydrogen-bond donors (Lipinski definition) is 1. The molecule has 0 unspecified atom stereocenters. The molecule has 0 bridgehead atoms. The Labute approximate surface area is 123 Å². The molecule has 21 heavy (non-hydrogen) atoms. The van der Waals surface area contributed by atoms with Crippen molar-refractivity contribution in [3.63, 3.8) is 0 Å². The molecule has 110 valence electrons. The Morgan fingerprint density at radius 1 is 0.952 bits per heavy atom. The molecule has 6 heteroatoms. The number of hydrogen-bond acceptors (Lipinski definition) is 3. The number of amides is 1. The fourth-order valence-electron chi connectivity index (χ4n) is 1.91. The number of sulfonamides is 1. The van der Waals surface area contributed by atoms with E-state index in [1.807, 2.05) is 30.3 Å². The van der Waals surface area contributed by atoms with Crippen LogP contribution < -0.4 is 0 Å². The zero-order valence-electron chi connectivity index (χ0n) is 11.2. The summed E-state index contributed by atoms with van der Waals surface area (Å²) in [5, 5.41) is 9.19. The van der Waals surface area contributed by atoms with Crippen molar-refractivity contribution in [3.05, 3.63) is 66.2 Å². The first-order chi connectivity index (χ1) is 10.0. The van der Waals surface area contributed by atoms with Gasteiger partial charge in [0.15, 0.2) is 0 Å². The van der Waals surface area contributed by atoms with Crippen molar-refractivity contribution >= 4 is 16.1 Å². The van der Waals surface area contributed by atoms with Gasteiger partial charge in [0.05, 0.1) is 4.90 Å². The van der Waals surface area contributed by atoms with Gasteiger partial charge in [0.2, 0.25) is 0 Å². The highest BCUT2D eigenvalue weighted by Gasteiger charge is 2.28. The van der Waals surface area contributed by atoms with Gasteiger partial charge in [0, 0.05) is 6.54 Å². The van der Waals surface area contributed by atoms with E-state index in [-0.39, 0.29) is 11.4 Å². The van der Waals surface area contributed by atoms with Gasteiger partial charge in [-0.15, -0.1) is 0 Å². The van der Waals surface area contributed by atoms with Crippen LogP contribution in [0.2, 0.25) is 0 Å². The average molecular weight is 305 g/mol. The van der Waals surface area contributed by atoms with E-state index in [2.05, 4.69) is 0 Å². The standard InChI is InChI=1S/C15H15NO4S/c17-15(18)16(12-11-13-7-3-1-4-8-13)21(19,20)14-9-5-2-6-10-14/h1-10H,11-12H2,(H,17,18). The Balaban J connectivity index is 2.21. The normalized spacial score (nSPS) is 11.0. The van der Waals surface area contributed by atoms with Gasteiger partial charge < -0.3 is 5.11 Å². The molecular weight excluding hydrogens is 290 g/mol. The van der Waals surface area contributed by atoms with Crippen molar-refractivity contribution in [2.24, 2.45) is 0 Å². The van der Waals surface area contributed by atoms with Crippen LogP contribution >= 0.6 is 0 Å². The Morgan fingerprint density at radius 3 is 2.00 bits per heavy atom. The molecule has 0 aromatic heterocycles. The molecule has 0 fully saturated rings. The monoisotopic (exact) mass is 305 g/mol. The van der Waals surface area contributed by atoms with Crippen LogP contribution in [0.25, 0.3) is 0 Å². The minimum absolute atomic E-state index is 0.0274. The summed E-state index contributed by atoms with van der Waals surface area (Å²) >= 11 is 0. The molecule has 0 aliphatic heterocycles. The van der Waals surface area contributed by atoms with Gasteiger partial charge in [-0.3, -0.25) is 0 Å². The molecule has 0 aliphatic rings. The van der Waals surface area contributed by atoms with Gasteiger partial charge in [0.1, 0.15) is 0 Å². The van der Waals surface area contributed by atoms with Crippen molar-refractivity contribution < 1.29 is 18.3 Å². The molecule has 2 aromatic carbocycles. The third-order valence-electron chi connectivity index (χ3n) is 2.99. The van der Waals surface area contributed by atoms with Crippen molar-refractivity contribution in [2.45, 2.75) is 11.3 Å². The third kappa shape index (κ3) is 3.61. The van der Waals surface area contributed by atoms with E-state index in [1.165, 1.54) is 12.1 Å². The maximum atomic E-state index is 12.3. The van der Waals surface area contributed by atoms with Crippen LogP contribution in [0.4, 0.5) is 4.79 Å². The lowest BCUT2D eigenvalue weighted by Crippen LogP contribution is -2.37. The largest absolute Gasteiger partial charge is 0.464 e. The summed E-state index contributed by atoms with van der Waals surface area (Å²) in [5.41, 5.74) is 0.881. The van der Waals surface area contributed by atoms with E-state index in [4.69, 9.17) is 0 Å². The number of benzene rings is 2. The maximum Gasteiger partial charge on any atom is 0.421 e. The molecular formula is C15H15NO4S. The maximum absolute atomic E-state index is 12.3. The van der Waals surface area contributed by atoms with Gasteiger partial charge in [-0.1, -0.05) is 48.5 Å². The SMILES string of the molecule is O=C(O)N(CCc1ccccc1)S(=O)(=O)c1ccccc1. The average Bonchev–Trinajstić information content (AvgIpc) is 2.49. The van der Waals surface area contributed by atoms with Crippen LogP contribution in [0.3, 0.4) is 0 Å². The topological polar surface area (TPSA) is 74.7 Å². The van der Waals surface area contributed by atoms with E-state index in [1.54, 1.807) is 18.2 Å². The lowest BCUT2D eigenvalue weighted by molar-refractivity contribution is 0.172. The van der Waals surface area contributed by atoms with Crippen molar-refractivity contribution in [1.82, 2.24) is 4.31 Å². The van der Waals surface area contributed by atoms with Gasteiger partial charge in [-0.25, -0.2) is 17.5 Å². The predicted molar refractivity (Wildman–Crippen MR) is 78.5 cm³/mol. The van der Waals surface area contributed by atoms with E-state index in [0.717, 1.165) is 5.56 Å². The highest BCUT2D eigenvalue weighted by atomic mass is 32.2. The predicted octanol–water partition coefficient (Wildman–Crippen LogP) is 2.60. The number of nitrogens with zero attached hydrogens (tertiary/aromatic N) is 1. The van der Waals surface area contributed by atoms with E-state index in [0.29, 0.717) is 10.7 Å². The molecule has 0 atom stereocenters. The summed E-state index contributed by atoms with van der Waals surface area (Å²) < 4.78 is 25.2. The quantitative estimate of drug-likeness (QED) is 0.921. The Kier molecular flexibility index (Phi) is 4.59. The summed E-state index contributed by atoms with van der Waals surface area (Å²) in [7, 11) is -4.04. The minimum Gasteiger partial charge on any atom is -0.464 e. The van der Waals surface area contributed by atoms with Crippen molar-refractivity contribution in [1.29, 1.82) is 0 Å². The first-order valence-corrected chi connectivity index (χ1v) is 7.80. The van der Waals surface area contributed by atoms with E-state index >= 15 is 0 Å². The molecule has 0 saturated heterocycles. The number of carboxylic acid groups (broad SMARTS) is 1. The van der Waals surface area contributed by atoms with Gasteiger partial charge in [-0.05, 0) is 24.1 Å². The van der Waals surface area contributed by atoms with Crippen LogP contribution in [-0.4, -0.2) is 30.5 Å². The highest BCUT2D eigenvalue weighted by Crippen LogP contribution is 2.16. The molecule has 2 aromatic rings. The van der Waals surface area contributed by atoms with Crippen LogP contribution in [-0.2, 0) is 16.4 Å². The van der Waals surface area contributed by atoms with Crippen molar-refractivity contribution in [2.75, 3.05) is 6.54 Å². The summed E-state index contributed by atoms with van der Waals surface area (Å²) in [5.74, 6) is 0. The fraction of sp³-hybridized carbons (Fsp3) is 0.133. The molecule has 1 amide bonds. The second-order valence-electron chi connectivity index (χ2n) is 4.41. The number of carbonyl (C=O) groups is 1. The van der Waals surface area contributed by atoms with Gasteiger partial charge in [-0.2, -0.15) is 0 Å².